The lowest BCUT2D eigenvalue weighted by Crippen LogP contribution is -2.29. The van der Waals surface area contributed by atoms with Gasteiger partial charge in [0.1, 0.15) is 5.38 Å². The molecule has 1 unspecified atom stereocenters. The molecule has 0 aliphatic rings. The van der Waals surface area contributed by atoms with Gasteiger partial charge in [-0.1, -0.05) is 13.8 Å². The molecule has 1 atom stereocenters. The number of hydrogen-bond acceptors (Lipinski definition) is 1. The van der Waals surface area contributed by atoms with Crippen LogP contribution in [0.3, 0.4) is 0 Å². The highest BCUT2D eigenvalue weighted by Gasteiger charge is 2.31. The van der Waals surface area contributed by atoms with Crippen molar-refractivity contribution in [3.8, 4) is 0 Å². The number of rotatable bonds is 4. The van der Waals surface area contributed by atoms with Crippen molar-refractivity contribution in [1.29, 1.82) is 0 Å². The van der Waals surface area contributed by atoms with Gasteiger partial charge in [-0.05, 0) is 23.4 Å². The van der Waals surface area contributed by atoms with Crippen molar-refractivity contribution in [3.63, 3.8) is 0 Å². The first kappa shape index (κ1) is 11.5. The minimum absolute atomic E-state index is 0.317. The maximum atomic E-state index is 10.7. The van der Waals surface area contributed by atoms with E-state index in [1.165, 1.54) is 0 Å². The van der Waals surface area contributed by atoms with Gasteiger partial charge in [-0.2, -0.15) is 0 Å². The molecule has 0 rings (SSSR count). The molecule has 4 heteroatoms. The van der Waals surface area contributed by atoms with Crippen molar-refractivity contribution in [3.05, 3.63) is 0 Å². The average Bonchev–Trinajstić information content (AvgIpc) is 1.86. The van der Waals surface area contributed by atoms with E-state index in [1.807, 2.05) is 13.8 Å². The Bertz CT molecular complexity index is 145. The molecule has 0 aliphatic carbocycles. The van der Waals surface area contributed by atoms with Crippen LogP contribution in [-0.2, 0) is 4.79 Å². The lowest BCUT2D eigenvalue weighted by atomic mass is 9.86. The molecule has 0 aromatic carbocycles. The summed E-state index contributed by atoms with van der Waals surface area (Å²) in [5.41, 5.74) is -0.317. The monoisotopic (exact) mass is 216 g/mol. The zero-order chi connectivity index (χ0) is 9.07. The highest BCUT2D eigenvalue weighted by atomic mass is 35.5. The van der Waals surface area contributed by atoms with Crippen molar-refractivity contribution < 1.29 is 4.79 Å². The molecule has 0 saturated heterocycles. The number of hydrogen-bond donors (Lipinski definition) is 0. The van der Waals surface area contributed by atoms with Crippen molar-refractivity contribution in [1.82, 2.24) is 0 Å². The summed E-state index contributed by atoms with van der Waals surface area (Å²) in [5.74, 6) is 0.486. The zero-order valence-corrected chi connectivity index (χ0v) is 8.80. The van der Waals surface area contributed by atoms with Gasteiger partial charge in [0.2, 0.25) is 5.24 Å². The standard InChI is InChI=1S/C7H11Cl3O/c1-7(2,3-4-8)5(9)6(10)11/h5H,3-4H2,1-2H3. The van der Waals surface area contributed by atoms with E-state index in [9.17, 15) is 4.79 Å². The molecular weight excluding hydrogens is 206 g/mol. The molecule has 0 N–H and O–H groups in total. The third-order valence-corrected chi connectivity index (χ3v) is 2.93. The van der Waals surface area contributed by atoms with Gasteiger partial charge in [-0.25, -0.2) is 0 Å². The van der Waals surface area contributed by atoms with Gasteiger partial charge in [0.05, 0.1) is 0 Å². The number of alkyl halides is 2. The molecule has 0 bridgehead atoms. The van der Waals surface area contributed by atoms with Crippen LogP contribution in [0.25, 0.3) is 0 Å². The number of carbonyl (C=O) groups is 1. The summed E-state index contributed by atoms with van der Waals surface area (Å²) >= 11 is 16.5. The molecule has 0 heterocycles. The Kier molecular flexibility index (Phi) is 4.76. The normalized spacial score (nSPS) is 14.6. The van der Waals surface area contributed by atoms with Crippen molar-refractivity contribution in [2.75, 3.05) is 5.88 Å². The average molecular weight is 218 g/mol. The fourth-order valence-electron chi connectivity index (χ4n) is 0.677. The van der Waals surface area contributed by atoms with Crippen molar-refractivity contribution in [2.24, 2.45) is 5.41 Å². The molecule has 0 fully saturated rings. The lowest BCUT2D eigenvalue weighted by molar-refractivity contribution is -0.113. The van der Waals surface area contributed by atoms with Gasteiger partial charge >= 0.3 is 0 Å². The predicted molar refractivity (Wildman–Crippen MR) is 49.6 cm³/mol. The molecule has 0 aromatic rings. The Morgan fingerprint density at radius 2 is 2.00 bits per heavy atom. The molecule has 0 saturated carbocycles. The first-order valence-corrected chi connectivity index (χ1v) is 4.66. The van der Waals surface area contributed by atoms with Crippen LogP contribution in [0, 0.1) is 5.41 Å². The van der Waals surface area contributed by atoms with Crippen molar-refractivity contribution >= 4 is 40.0 Å². The molecular formula is C7H11Cl3O. The molecule has 1 nitrogen and oxygen atoms in total. The predicted octanol–water partition coefficient (Wildman–Crippen LogP) is 3.01. The largest absolute Gasteiger partial charge is 0.280 e. The van der Waals surface area contributed by atoms with Crippen LogP contribution in [0.5, 0.6) is 0 Å². The maximum absolute atomic E-state index is 10.7. The second-order valence-corrected chi connectivity index (χ2v) is 4.28. The molecule has 0 aliphatic heterocycles. The number of halogens is 3. The Balaban J connectivity index is 4.16. The van der Waals surface area contributed by atoms with Gasteiger partial charge in [0.15, 0.2) is 0 Å². The van der Waals surface area contributed by atoms with E-state index in [0.717, 1.165) is 0 Å². The summed E-state index contributed by atoms with van der Waals surface area (Å²) in [7, 11) is 0. The van der Waals surface area contributed by atoms with Gasteiger partial charge < -0.3 is 0 Å². The first-order chi connectivity index (χ1) is 4.91. The maximum Gasteiger partial charge on any atom is 0.240 e. The molecule has 0 spiro atoms. The van der Waals surface area contributed by atoms with Crippen LogP contribution < -0.4 is 0 Å². The second-order valence-electron chi connectivity index (χ2n) is 3.09. The Hall–Kier alpha value is 0.540. The van der Waals surface area contributed by atoms with E-state index in [1.54, 1.807) is 0 Å². The van der Waals surface area contributed by atoms with Crippen LogP contribution >= 0.6 is 34.8 Å². The van der Waals surface area contributed by atoms with Crippen LogP contribution in [0.1, 0.15) is 20.3 Å². The summed E-state index contributed by atoms with van der Waals surface area (Å²) in [6.07, 6.45) is 0.682. The van der Waals surface area contributed by atoms with E-state index in [-0.39, 0.29) is 5.41 Å². The van der Waals surface area contributed by atoms with Crippen LogP contribution in [-0.4, -0.2) is 16.5 Å². The smallest absolute Gasteiger partial charge is 0.240 e. The topological polar surface area (TPSA) is 17.1 Å². The van der Waals surface area contributed by atoms with E-state index in [4.69, 9.17) is 34.8 Å². The summed E-state index contributed by atoms with van der Waals surface area (Å²) in [6.45, 7) is 3.74. The fourth-order valence-corrected chi connectivity index (χ4v) is 1.57. The molecule has 0 radical (unpaired) electrons. The van der Waals surface area contributed by atoms with Crippen LogP contribution in [0.4, 0.5) is 0 Å². The van der Waals surface area contributed by atoms with E-state index < -0.39 is 10.6 Å². The van der Waals surface area contributed by atoms with Gasteiger partial charge in [-0.3, -0.25) is 4.79 Å². The zero-order valence-electron chi connectivity index (χ0n) is 6.53. The van der Waals surface area contributed by atoms with Crippen LogP contribution in [0.2, 0.25) is 0 Å². The highest BCUT2D eigenvalue weighted by Crippen LogP contribution is 2.31. The van der Waals surface area contributed by atoms with Gasteiger partial charge in [-0.15, -0.1) is 23.2 Å². The summed E-state index contributed by atoms with van der Waals surface area (Å²) < 4.78 is 0. The van der Waals surface area contributed by atoms with Gasteiger partial charge in [0.25, 0.3) is 0 Å². The van der Waals surface area contributed by atoms with E-state index in [0.29, 0.717) is 12.3 Å². The fraction of sp³-hybridized carbons (Fsp3) is 0.857. The summed E-state index contributed by atoms with van der Waals surface area (Å²) in [6, 6.07) is 0. The Morgan fingerprint density at radius 3 is 2.27 bits per heavy atom. The quantitative estimate of drug-likeness (QED) is 0.523. The minimum atomic E-state index is -0.650. The second kappa shape index (κ2) is 4.54. The number of carbonyl (C=O) groups excluding carboxylic acids is 1. The Labute approximate surface area is 82.0 Å². The highest BCUT2D eigenvalue weighted by molar-refractivity contribution is 6.69. The van der Waals surface area contributed by atoms with Gasteiger partial charge in [0, 0.05) is 5.88 Å². The summed E-state index contributed by atoms with van der Waals surface area (Å²) in [4.78, 5) is 10.7. The van der Waals surface area contributed by atoms with E-state index >= 15 is 0 Å². The third kappa shape index (κ3) is 3.64. The Morgan fingerprint density at radius 1 is 1.55 bits per heavy atom. The van der Waals surface area contributed by atoms with Crippen LogP contribution in [0.15, 0.2) is 0 Å². The van der Waals surface area contributed by atoms with Crippen molar-refractivity contribution in [2.45, 2.75) is 25.6 Å². The molecule has 0 aromatic heterocycles. The van der Waals surface area contributed by atoms with E-state index in [2.05, 4.69) is 0 Å². The molecule has 11 heavy (non-hydrogen) atoms. The first-order valence-electron chi connectivity index (χ1n) is 3.31. The SMILES string of the molecule is CC(C)(CCCl)C(Cl)C(=O)Cl. The lowest BCUT2D eigenvalue weighted by Gasteiger charge is -2.26. The summed E-state index contributed by atoms with van der Waals surface area (Å²) in [5, 5.41) is -1.16. The third-order valence-electron chi connectivity index (χ3n) is 1.62. The minimum Gasteiger partial charge on any atom is -0.280 e. The molecule has 0 amide bonds. The molecule has 66 valence electrons.